The lowest BCUT2D eigenvalue weighted by Crippen LogP contribution is -2.38. The van der Waals surface area contributed by atoms with E-state index < -0.39 is 0 Å². The van der Waals surface area contributed by atoms with E-state index in [0.717, 1.165) is 23.6 Å². The second kappa shape index (κ2) is 7.23. The molecule has 2 rings (SSSR count). The Bertz CT molecular complexity index is 525. The number of hydrogen-bond donors (Lipinski definition) is 1. The van der Waals surface area contributed by atoms with Gasteiger partial charge in [-0.1, -0.05) is 35.9 Å². The van der Waals surface area contributed by atoms with E-state index in [9.17, 15) is 0 Å². The SMILES string of the molecule is CC(N)C(c1ccccc1Cl)N(C)CCc1cccs1. The summed E-state index contributed by atoms with van der Waals surface area (Å²) in [4.78, 5) is 3.70. The molecule has 0 aliphatic carbocycles. The summed E-state index contributed by atoms with van der Waals surface area (Å²) >= 11 is 8.13. The number of rotatable bonds is 6. The van der Waals surface area contributed by atoms with Crippen molar-refractivity contribution in [2.75, 3.05) is 13.6 Å². The molecular formula is C16H21ClN2S. The third kappa shape index (κ3) is 3.83. The zero-order chi connectivity index (χ0) is 14.5. The lowest BCUT2D eigenvalue weighted by atomic mass is 9.99. The van der Waals surface area contributed by atoms with Crippen LogP contribution in [0, 0.1) is 0 Å². The van der Waals surface area contributed by atoms with Gasteiger partial charge in [0.1, 0.15) is 0 Å². The normalized spacial score (nSPS) is 14.4. The van der Waals surface area contributed by atoms with Crippen LogP contribution in [0.1, 0.15) is 23.4 Å². The highest BCUT2D eigenvalue weighted by Crippen LogP contribution is 2.29. The van der Waals surface area contributed by atoms with Gasteiger partial charge >= 0.3 is 0 Å². The topological polar surface area (TPSA) is 29.3 Å². The average molecular weight is 309 g/mol. The highest BCUT2D eigenvalue weighted by atomic mass is 35.5. The molecule has 2 nitrogen and oxygen atoms in total. The van der Waals surface area contributed by atoms with Crippen molar-refractivity contribution < 1.29 is 0 Å². The number of hydrogen-bond acceptors (Lipinski definition) is 3. The number of thiophene rings is 1. The summed E-state index contributed by atoms with van der Waals surface area (Å²) in [7, 11) is 2.12. The number of benzene rings is 1. The minimum Gasteiger partial charge on any atom is -0.326 e. The minimum absolute atomic E-state index is 0.0308. The van der Waals surface area contributed by atoms with E-state index in [4.69, 9.17) is 17.3 Å². The zero-order valence-corrected chi connectivity index (χ0v) is 13.5. The molecule has 2 N–H and O–H groups in total. The summed E-state index contributed by atoms with van der Waals surface area (Å²) in [5.74, 6) is 0. The van der Waals surface area contributed by atoms with Gasteiger partial charge in [0.2, 0.25) is 0 Å². The molecule has 2 aromatic rings. The first-order valence-corrected chi connectivity index (χ1v) is 8.08. The third-order valence-electron chi connectivity index (χ3n) is 3.49. The van der Waals surface area contributed by atoms with Gasteiger partial charge in [-0.3, -0.25) is 4.90 Å². The van der Waals surface area contributed by atoms with Crippen LogP contribution < -0.4 is 5.73 Å². The number of nitrogens with zero attached hydrogens (tertiary/aromatic N) is 1. The maximum atomic E-state index is 6.33. The van der Waals surface area contributed by atoms with Gasteiger partial charge in [0, 0.05) is 22.5 Å². The smallest absolute Gasteiger partial charge is 0.0508 e. The molecule has 1 aromatic carbocycles. The average Bonchev–Trinajstić information content (AvgIpc) is 2.92. The summed E-state index contributed by atoms with van der Waals surface area (Å²) in [6.45, 7) is 3.01. The largest absolute Gasteiger partial charge is 0.326 e. The molecule has 0 amide bonds. The van der Waals surface area contributed by atoms with E-state index in [1.807, 2.05) is 25.1 Å². The van der Waals surface area contributed by atoms with Crippen molar-refractivity contribution in [3.8, 4) is 0 Å². The van der Waals surface area contributed by atoms with Gasteiger partial charge in [0.25, 0.3) is 0 Å². The van der Waals surface area contributed by atoms with Crippen LogP contribution in [0.2, 0.25) is 5.02 Å². The van der Waals surface area contributed by atoms with E-state index in [1.54, 1.807) is 11.3 Å². The summed E-state index contributed by atoms with van der Waals surface area (Å²) < 4.78 is 0. The summed E-state index contributed by atoms with van der Waals surface area (Å²) in [6, 6.07) is 12.4. The van der Waals surface area contributed by atoms with Gasteiger partial charge in [-0.25, -0.2) is 0 Å². The molecule has 0 saturated heterocycles. The Balaban J connectivity index is 2.10. The van der Waals surface area contributed by atoms with Crippen molar-refractivity contribution in [2.45, 2.75) is 25.4 Å². The first kappa shape index (κ1) is 15.5. The monoisotopic (exact) mass is 308 g/mol. The standard InChI is InChI=1S/C16H21ClN2S/c1-12(18)16(14-7-3-4-8-15(14)17)19(2)10-9-13-6-5-11-20-13/h3-8,11-12,16H,9-10,18H2,1-2H3. The molecule has 0 bridgehead atoms. The van der Waals surface area contributed by atoms with Crippen LogP contribution >= 0.6 is 22.9 Å². The van der Waals surface area contributed by atoms with E-state index in [2.05, 4.69) is 35.5 Å². The van der Waals surface area contributed by atoms with Crippen molar-refractivity contribution in [2.24, 2.45) is 5.73 Å². The molecule has 0 aliphatic heterocycles. The summed E-state index contributed by atoms with van der Waals surface area (Å²) in [6.07, 6.45) is 1.04. The highest BCUT2D eigenvalue weighted by Gasteiger charge is 2.22. The Kier molecular flexibility index (Phi) is 5.61. The Morgan fingerprint density at radius 1 is 1.25 bits per heavy atom. The van der Waals surface area contributed by atoms with Crippen LogP contribution in [0.25, 0.3) is 0 Å². The van der Waals surface area contributed by atoms with Gasteiger partial charge in [0.15, 0.2) is 0 Å². The summed E-state index contributed by atoms with van der Waals surface area (Å²) in [5.41, 5.74) is 7.30. The van der Waals surface area contributed by atoms with Gasteiger partial charge in [-0.05, 0) is 43.5 Å². The first-order chi connectivity index (χ1) is 9.59. The molecule has 108 valence electrons. The predicted octanol–water partition coefficient (Wildman–Crippen LogP) is 3.96. The van der Waals surface area contributed by atoms with Crippen molar-refractivity contribution >= 4 is 22.9 Å². The Morgan fingerprint density at radius 2 is 2.00 bits per heavy atom. The fourth-order valence-corrected chi connectivity index (χ4v) is 3.46. The number of nitrogens with two attached hydrogens (primary N) is 1. The van der Waals surface area contributed by atoms with E-state index in [-0.39, 0.29) is 12.1 Å². The van der Waals surface area contributed by atoms with Crippen molar-refractivity contribution in [1.29, 1.82) is 0 Å². The van der Waals surface area contributed by atoms with Gasteiger partial charge in [-0.15, -0.1) is 11.3 Å². The van der Waals surface area contributed by atoms with Gasteiger partial charge in [0.05, 0.1) is 6.04 Å². The van der Waals surface area contributed by atoms with Crippen LogP contribution in [0.5, 0.6) is 0 Å². The maximum absolute atomic E-state index is 6.33. The highest BCUT2D eigenvalue weighted by molar-refractivity contribution is 7.09. The molecule has 20 heavy (non-hydrogen) atoms. The Morgan fingerprint density at radius 3 is 2.60 bits per heavy atom. The number of halogens is 1. The second-order valence-electron chi connectivity index (χ2n) is 5.14. The number of likely N-dealkylation sites (N-methyl/N-ethyl adjacent to an activating group) is 1. The molecule has 0 saturated carbocycles. The Hall–Kier alpha value is -0.870. The van der Waals surface area contributed by atoms with E-state index >= 15 is 0 Å². The molecule has 1 heterocycles. The fourth-order valence-electron chi connectivity index (χ4n) is 2.52. The van der Waals surface area contributed by atoms with Crippen molar-refractivity contribution in [1.82, 2.24) is 4.90 Å². The van der Waals surface area contributed by atoms with Crippen LogP contribution in [0.4, 0.5) is 0 Å². The molecule has 0 fully saturated rings. The second-order valence-corrected chi connectivity index (χ2v) is 6.57. The van der Waals surface area contributed by atoms with Crippen LogP contribution in [-0.4, -0.2) is 24.5 Å². The van der Waals surface area contributed by atoms with Crippen LogP contribution in [-0.2, 0) is 6.42 Å². The van der Waals surface area contributed by atoms with Gasteiger partial charge < -0.3 is 5.73 Å². The third-order valence-corrected chi connectivity index (χ3v) is 4.77. The van der Waals surface area contributed by atoms with Crippen LogP contribution in [0.15, 0.2) is 41.8 Å². The van der Waals surface area contributed by atoms with Crippen LogP contribution in [0.3, 0.4) is 0 Å². The molecule has 4 heteroatoms. The minimum atomic E-state index is 0.0308. The Labute approximate surface area is 130 Å². The predicted molar refractivity (Wildman–Crippen MR) is 88.5 cm³/mol. The maximum Gasteiger partial charge on any atom is 0.0508 e. The molecule has 2 unspecified atom stereocenters. The lowest BCUT2D eigenvalue weighted by Gasteiger charge is -2.32. The zero-order valence-electron chi connectivity index (χ0n) is 11.9. The first-order valence-electron chi connectivity index (χ1n) is 6.82. The molecule has 1 aromatic heterocycles. The molecule has 2 atom stereocenters. The molecular weight excluding hydrogens is 288 g/mol. The van der Waals surface area contributed by atoms with Crippen molar-refractivity contribution in [3.05, 3.63) is 57.2 Å². The van der Waals surface area contributed by atoms with E-state index in [0.29, 0.717) is 0 Å². The fraction of sp³-hybridized carbons (Fsp3) is 0.375. The van der Waals surface area contributed by atoms with E-state index in [1.165, 1.54) is 4.88 Å². The molecule has 0 radical (unpaired) electrons. The summed E-state index contributed by atoms with van der Waals surface area (Å²) in [5, 5.41) is 2.91. The van der Waals surface area contributed by atoms with Gasteiger partial charge in [-0.2, -0.15) is 0 Å². The lowest BCUT2D eigenvalue weighted by molar-refractivity contribution is 0.222. The quantitative estimate of drug-likeness (QED) is 0.875. The van der Waals surface area contributed by atoms with Crippen molar-refractivity contribution in [3.63, 3.8) is 0 Å². The molecule has 0 spiro atoms. The molecule has 0 aliphatic rings.